The van der Waals surface area contributed by atoms with Crippen molar-refractivity contribution in [3.05, 3.63) is 18.0 Å². The number of aromatic nitrogens is 1. The van der Waals surface area contributed by atoms with E-state index in [1.807, 2.05) is 4.90 Å². The molecular formula is C11H18N4O2. The van der Waals surface area contributed by atoms with Gasteiger partial charge < -0.3 is 19.6 Å². The van der Waals surface area contributed by atoms with Crippen molar-refractivity contribution < 1.29 is 9.32 Å². The Balaban J connectivity index is 1.67. The Morgan fingerprint density at radius 1 is 1.47 bits per heavy atom. The Kier molecular flexibility index (Phi) is 4.11. The molecule has 2 rings (SSSR count). The first-order valence-electron chi connectivity index (χ1n) is 5.82. The van der Waals surface area contributed by atoms with Crippen LogP contribution in [0, 0.1) is 0 Å². The van der Waals surface area contributed by atoms with Crippen molar-refractivity contribution >= 4 is 5.91 Å². The molecule has 1 aromatic heterocycles. The fraction of sp³-hybridized carbons (Fsp3) is 0.636. The van der Waals surface area contributed by atoms with Crippen molar-refractivity contribution in [2.75, 3.05) is 39.8 Å². The molecule has 1 aromatic rings. The third kappa shape index (κ3) is 3.54. The van der Waals surface area contributed by atoms with Gasteiger partial charge in [-0.25, -0.2) is 0 Å². The lowest BCUT2D eigenvalue weighted by Crippen LogP contribution is -2.49. The maximum absolute atomic E-state index is 11.8. The zero-order valence-electron chi connectivity index (χ0n) is 10.1. The predicted octanol–water partition coefficient (Wildman–Crippen LogP) is -0.462. The average molecular weight is 238 g/mol. The van der Waals surface area contributed by atoms with E-state index in [1.54, 1.807) is 12.3 Å². The summed E-state index contributed by atoms with van der Waals surface area (Å²) in [5.74, 6) is 0.897. The Morgan fingerprint density at radius 2 is 2.24 bits per heavy atom. The fourth-order valence-corrected chi connectivity index (χ4v) is 1.79. The van der Waals surface area contributed by atoms with Crippen LogP contribution in [0.2, 0.25) is 0 Å². The van der Waals surface area contributed by atoms with Crippen molar-refractivity contribution in [2.24, 2.45) is 0 Å². The van der Waals surface area contributed by atoms with Gasteiger partial charge in [0.1, 0.15) is 5.76 Å². The first-order chi connectivity index (χ1) is 8.25. The van der Waals surface area contributed by atoms with Crippen LogP contribution in [0.15, 0.2) is 16.8 Å². The highest BCUT2D eigenvalue weighted by Gasteiger charge is 2.18. The van der Waals surface area contributed by atoms with Crippen LogP contribution in [0.1, 0.15) is 5.76 Å². The zero-order valence-corrected chi connectivity index (χ0v) is 10.1. The first kappa shape index (κ1) is 12.1. The molecule has 1 amide bonds. The molecule has 1 aliphatic rings. The van der Waals surface area contributed by atoms with E-state index in [0.717, 1.165) is 31.9 Å². The van der Waals surface area contributed by atoms with Gasteiger partial charge in [-0.05, 0) is 7.05 Å². The lowest BCUT2D eigenvalue weighted by Gasteiger charge is -2.32. The molecular weight excluding hydrogens is 220 g/mol. The Labute approximate surface area is 101 Å². The lowest BCUT2D eigenvalue weighted by atomic mass is 10.3. The van der Waals surface area contributed by atoms with Crippen molar-refractivity contribution in [1.82, 2.24) is 20.3 Å². The molecule has 6 nitrogen and oxygen atoms in total. The summed E-state index contributed by atoms with van der Waals surface area (Å²) in [5.41, 5.74) is 0. The molecule has 1 aliphatic heterocycles. The third-order valence-corrected chi connectivity index (χ3v) is 2.92. The average Bonchev–Trinajstić information content (AvgIpc) is 2.83. The summed E-state index contributed by atoms with van der Waals surface area (Å²) >= 11 is 0. The van der Waals surface area contributed by atoms with E-state index in [-0.39, 0.29) is 5.91 Å². The van der Waals surface area contributed by atoms with Gasteiger partial charge in [0.2, 0.25) is 5.91 Å². The summed E-state index contributed by atoms with van der Waals surface area (Å²) in [7, 11) is 2.07. The topological polar surface area (TPSA) is 61.6 Å². The third-order valence-electron chi connectivity index (χ3n) is 2.92. The molecule has 0 unspecified atom stereocenters. The van der Waals surface area contributed by atoms with Crippen LogP contribution in [0.25, 0.3) is 0 Å². The van der Waals surface area contributed by atoms with Crippen molar-refractivity contribution in [3.63, 3.8) is 0 Å². The monoisotopic (exact) mass is 238 g/mol. The van der Waals surface area contributed by atoms with E-state index in [4.69, 9.17) is 4.52 Å². The highest BCUT2D eigenvalue weighted by atomic mass is 16.5. The van der Waals surface area contributed by atoms with Crippen LogP contribution in [0.3, 0.4) is 0 Å². The summed E-state index contributed by atoms with van der Waals surface area (Å²) in [5, 5.41) is 6.66. The minimum absolute atomic E-state index is 0.151. The van der Waals surface area contributed by atoms with E-state index < -0.39 is 0 Å². The fourth-order valence-electron chi connectivity index (χ4n) is 1.79. The largest absolute Gasteiger partial charge is 0.360 e. The van der Waals surface area contributed by atoms with Gasteiger partial charge in [0, 0.05) is 32.2 Å². The van der Waals surface area contributed by atoms with Gasteiger partial charge in [0.25, 0.3) is 0 Å². The van der Waals surface area contributed by atoms with E-state index in [2.05, 4.69) is 22.4 Å². The molecule has 0 radical (unpaired) electrons. The van der Waals surface area contributed by atoms with Crippen molar-refractivity contribution in [1.29, 1.82) is 0 Å². The van der Waals surface area contributed by atoms with Crippen LogP contribution in [0.4, 0.5) is 0 Å². The van der Waals surface area contributed by atoms with Gasteiger partial charge in [-0.2, -0.15) is 0 Å². The minimum atomic E-state index is 0.151. The smallest absolute Gasteiger partial charge is 0.236 e. The SMILES string of the molecule is CN1CCN(C(=O)CNCc2ccno2)CC1. The molecule has 0 atom stereocenters. The zero-order chi connectivity index (χ0) is 12.1. The number of nitrogens with one attached hydrogen (secondary N) is 1. The summed E-state index contributed by atoms with van der Waals surface area (Å²) in [4.78, 5) is 16.0. The number of amides is 1. The number of hydrogen-bond acceptors (Lipinski definition) is 5. The van der Waals surface area contributed by atoms with Gasteiger partial charge >= 0.3 is 0 Å². The molecule has 0 aliphatic carbocycles. The molecule has 1 fully saturated rings. The van der Waals surface area contributed by atoms with Gasteiger partial charge in [0.05, 0.1) is 19.3 Å². The van der Waals surface area contributed by atoms with E-state index in [9.17, 15) is 4.79 Å². The van der Waals surface area contributed by atoms with Gasteiger partial charge in [-0.3, -0.25) is 4.79 Å². The van der Waals surface area contributed by atoms with Crippen LogP contribution in [-0.4, -0.2) is 60.6 Å². The molecule has 1 N–H and O–H groups in total. The second kappa shape index (κ2) is 5.79. The second-order valence-electron chi connectivity index (χ2n) is 4.27. The molecule has 6 heteroatoms. The van der Waals surface area contributed by atoms with Crippen LogP contribution in [-0.2, 0) is 11.3 Å². The minimum Gasteiger partial charge on any atom is -0.360 e. The standard InChI is InChI=1S/C11H18N4O2/c1-14-4-6-15(7-5-14)11(16)9-12-8-10-2-3-13-17-10/h2-3,12H,4-9H2,1H3. The molecule has 1 saturated heterocycles. The van der Waals surface area contributed by atoms with Gasteiger partial charge in [-0.15, -0.1) is 0 Å². The molecule has 2 heterocycles. The summed E-state index contributed by atoms with van der Waals surface area (Å²) < 4.78 is 4.93. The summed E-state index contributed by atoms with van der Waals surface area (Å²) in [6.07, 6.45) is 1.60. The highest BCUT2D eigenvalue weighted by molar-refractivity contribution is 5.78. The quantitative estimate of drug-likeness (QED) is 0.769. The second-order valence-corrected chi connectivity index (χ2v) is 4.27. The number of piperazine rings is 1. The van der Waals surface area contributed by atoms with Gasteiger partial charge in [-0.1, -0.05) is 5.16 Å². The normalized spacial score (nSPS) is 17.4. The number of likely N-dealkylation sites (N-methyl/N-ethyl adjacent to an activating group) is 1. The summed E-state index contributed by atoms with van der Waals surface area (Å²) in [6, 6.07) is 1.79. The maximum Gasteiger partial charge on any atom is 0.236 e. The van der Waals surface area contributed by atoms with E-state index in [1.165, 1.54) is 0 Å². The molecule has 94 valence electrons. The van der Waals surface area contributed by atoms with Gasteiger partial charge in [0.15, 0.2) is 0 Å². The summed E-state index contributed by atoms with van der Waals surface area (Å²) in [6.45, 7) is 4.43. The van der Waals surface area contributed by atoms with E-state index in [0.29, 0.717) is 13.1 Å². The lowest BCUT2D eigenvalue weighted by molar-refractivity contribution is -0.131. The Hall–Kier alpha value is -1.40. The Morgan fingerprint density at radius 3 is 2.88 bits per heavy atom. The molecule has 0 aromatic carbocycles. The van der Waals surface area contributed by atoms with Crippen LogP contribution >= 0.6 is 0 Å². The van der Waals surface area contributed by atoms with Crippen LogP contribution < -0.4 is 5.32 Å². The number of hydrogen-bond donors (Lipinski definition) is 1. The molecule has 0 bridgehead atoms. The van der Waals surface area contributed by atoms with Crippen molar-refractivity contribution in [3.8, 4) is 0 Å². The molecule has 0 saturated carbocycles. The highest BCUT2D eigenvalue weighted by Crippen LogP contribution is 1.99. The predicted molar refractivity (Wildman–Crippen MR) is 62.3 cm³/mol. The number of nitrogens with zero attached hydrogens (tertiary/aromatic N) is 3. The Bertz CT molecular complexity index is 344. The van der Waals surface area contributed by atoms with Crippen LogP contribution in [0.5, 0.6) is 0 Å². The number of rotatable bonds is 4. The van der Waals surface area contributed by atoms with Crippen molar-refractivity contribution in [2.45, 2.75) is 6.54 Å². The first-order valence-corrected chi connectivity index (χ1v) is 5.82. The maximum atomic E-state index is 11.8. The number of carbonyl (C=O) groups excluding carboxylic acids is 1. The molecule has 17 heavy (non-hydrogen) atoms. The molecule has 0 spiro atoms. The number of carbonyl (C=O) groups is 1. The van der Waals surface area contributed by atoms with E-state index >= 15 is 0 Å².